The molecule has 3 aliphatic rings. The lowest BCUT2D eigenvalue weighted by Gasteiger charge is -2.41. The van der Waals surface area contributed by atoms with Crippen molar-refractivity contribution in [2.45, 2.75) is 53.5 Å². The largest absolute Gasteiger partial charge is 0.495 e. The van der Waals surface area contributed by atoms with E-state index in [-0.39, 0.29) is 9.79 Å². The maximum Gasteiger partial charge on any atom is 0.208 e. The van der Waals surface area contributed by atoms with E-state index in [9.17, 15) is 8.42 Å². The monoisotopic (exact) mass is 400 g/mol. The summed E-state index contributed by atoms with van der Waals surface area (Å²) in [6.45, 7) is 1.75. The molecule has 2 aliphatic heterocycles. The molecule has 0 N–H and O–H groups in total. The van der Waals surface area contributed by atoms with Gasteiger partial charge in [-0.1, -0.05) is 12.5 Å². The number of hydrogen-bond donors (Lipinski definition) is 0. The first-order chi connectivity index (χ1) is 13.6. The third-order valence-electron chi connectivity index (χ3n) is 6.47. The van der Waals surface area contributed by atoms with Gasteiger partial charge in [0.05, 0.1) is 29.1 Å². The molecule has 0 spiro atoms. The summed E-state index contributed by atoms with van der Waals surface area (Å²) < 4.78 is 37.3. The Morgan fingerprint density at radius 1 is 1.14 bits per heavy atom. The number of rotatable bonds is 4. The molecule has 0 bridgehead atoms. The van der Waals surface area contributed by atoms with Gasteiger partial charge >= 0.3 is 0 Å². The van der Waals surface area contributed by atoms with Gasteiger partial charge in [0.2, 0.25) is 9.84 Å². The van der Waals surface area contributed by atoms with E-state index >= 15 is 0 Å². The highest BCUT2D eigenvalue weighted by atomic mass is 32.2. The van der Waals surface area contributed by atoms with Gasteiger partial charge in [-0.15, -0.1) is 0 Å². The molecule has 1 saturated carbocycles. The number of methoxy groups -OCH3 is 1. The zero-order valence-corrected chi connectivity index (χ0v) is 16.7. The summed E-state index contributed by atoms with van der Waals surface area (Å²) in [6.07, 6.45) is 7.87. The van der Waals surface area contributed by atoms with E-state index < -0.39 is 9.84 Å². The number of sulfone groups is 1. The quantitative estimate of drug-likeness (QED) is 0.786. The topological polar surface area (TPSA) is 68.7 Å². The van der Waals surface area contributed by atoms with E-state index in [1.807, 2.05) is 6.07 Å². The van der Waals surface area contributed by atoms with E-state index in [2.05, 4.69) is 9.88 Å². The SMILES string of the molecule is COc1cncc(S(=O)(=O)c2ccc3c(c2)OCC2C3CCN2C2CCC2)c1. The second-order valence-electron chi connectivity index (χ2n) is 7.86. The van der Waals surface area contributed by atoms with Crippen molar-refractivity contribution in [2.24, 2.45) is 0 Å². The smallest absolute Gasteiger partial charge is 0.208 e. The summed E-state index contributed by atoms with van der Waals surface area (Å²) in [7, 11) is -2.19. The van der Waals surface area contributed by atoms with Crippen molar-refractivity contribution >= 4 is 9.84 Å². The molecule has 1 aromatic heterocycles. The fraction of sp³-hybridized carbons (Fsp3) is 0.476. The van der Waals surface area contributed by atoms with Gasteiger partial charge in [-0.25, -0.2) is 8.42 Å². The summed E-state index contributed by atoms with van der Waals surface area (Å²) in [4.78, 5) is 6.94. The molecule has 5 rings (SSSR count). The third-order valence-corrected chi connectivity index (χ3v) is 8.19. The highest BCUT2D eigenvalue weighted by molar-refractivity contribution is 7.91. The highest BCUT2D eigenvalue weighted by Crippen LogP contribution is 2.45. The molecule has 0 amide bonds. The molecule has 1 aromatic carbocycles. The van der Waals surface area contributed by atoms with Gasteiger partial charge in [-0.2, -0.15) is 0 Å². The Morgan fingerprint density at radius 2 is 2.00 bits per heavy atom. The number of likely N-dealkylation sites (tertiary alicyclic amines) is 1. The first-order valence-corrected chi connectivity index (χ1v) is 11.3. The minimum atomic E-state index is -3.68. The van der Waals surface area contributed by atoms with Crippen LogP contribution >= 0.6 is 0 Å². The van der Waals surface area contributed by atoms with E-state index in [1.165, 1.54) is 44.8 Å². The Hall–Kier alpha value is -2.12. The number of ether oxygens (including phenoxy) is 2. The van der Waals surface area contributed by atoms with Crippen molar-refractivity contribution in [1.82, 2.24) is 9.88 Å². The number of aromatic nitrogens is 1. The Balaban J connectivity index is 1.45. The average Bonchev–Trinajstić information content (AvgIpc) is 3.10. The molecule has 2 fully saturated rings. The highest BCUT2D eigenvalue weighted by Gasteiger charge is 2.44. The summed E-state index contributed by atoms with van der Waals surface area (Å²) in [5.74, 6) is 1.55. The fourth-order valence-electron chi connectivity index (χ4n) is 4.71. The van der Waals surface area contributed by atoms with Crippen LogP contribution in [-0.4, -0.2) is 50.6 Å². The van der Waals surface area contributed by atoms with Gasteiger partial charge in [0.15, 0.2) is 0 Å². The van der Waals surface area contributed by atoms with Gasteiger partial charge < -0.3 is 9.47 Å². The lowest BCUT2D eigenvalue weighted by Crippen LogP contribution is -2.47. The molecule has 3 heterocycles. The predicted molar refractivity (Wildman–Crippen MR) is 104 cm³/mol. The van der Waals surface area contributed by atoms with E-state index in [1.54, 1.807) is 12.1 Å². The molecule has 2 atom stereocenters. The average molecular weight is 401 g/mol. The molecule has 0 radical (unpaired) electrons. The van der Waals surface area contributed by atoms with Crippen LogP contribution in [0.4, 0.5) is 0 Å². The first kappa shape index (κ1) is 17.9. The van der Waals surface area contributed by atoms with Crippen LogP contribution in [0.5, 0.6) is 11.5 Å². The van der Waals surface area contributed by atoms with Crippen molar-refractivity contribution in [3.8, 4) is 11.5 Å². The molecule has 2 unspecified atom stereocenters. The van der Waals surface area contributed by atoms with Crippen molar-refractivity contribution in [3.05, 3.63) is 42.2 Å². The van der Waals surface area contributed by atoms with Gasteiger partial charge in [-0.3, -0.25) is 9.88 Å². The third kappa shape index (κ3) is 2.79. The van der Waals surface area contributed by atoms with E-state index in [4.69, 9.17) is 9.47 Å². The van der Waals surface area contributed by atoms with Crippen LogP contribution in [0.1, 0.15) is 37.2 Å². The van der Waals surface area contributed by atoms with Crippen molar-refractivity contribution in [3.63, 3.8) is 0 Å². The van der Waals surface area contributed by atoms with Gasteiger partial charge in [-0.05, 0) is 43.5 Å². The normalized spacial score (nSPS) is 24.8. The summed E-state index contributed by atoms with van der Waals surface area (Å²) in [5.41, 5.74) is 1.14. The van der Waals surface area contributed by atoms with Crippen molar-refractivity contribution in [1.29, 1.82) is 0 Å². The molecule has 28 heavy (non-hydrogen) atoms. The molecular weight excluding hydrogens is 376 g/mol. The van der Waals surface area contributed by atoms with Crippen LogP contribution in [0.25, 0.3) is 0 Å². The second-order valence-corrected chi connectivity index (χ2v) is 9.81. The molecule has 6 nitrogen and oxygen atoms in total. The summed E-state index contributed by atoms with van der Waals surface area (Å²) in [5, 5.41) is 0. The number of nitrogens with zero attached hydrogens (tertiary/aromatic N) is 2. The van der Waals surface area contributed by atoms with Crippen molar-refractivity contribution < 1.29 is 17.9 Å². The summed E-state index contributed by atoms with van der Waals surface area (Å²) in [6, 6.07) is 7.93. The first-order valence-electron chi connectivity index (χ1n) is 9.84. The Kier molecular flexibility index (Phi) is 4.32. The minimum absolute atomic E-state index is 0.123. The molecule has 2 aromatic rings. The lowest BCUT2D eigenvalue weighted by atomic mass is 9.87. The van der Waals surface area contributed by atoms with Crippen LogP contribution in [0, 0.1) is 0 Å². The van der Waals surface area contributed by atoms with Crippen molar-refractivity contribution in [2.75, 3.05) is 20.3 Å². The number of fused-ring (bicyclic) bond motifs is 3. The maximum absolute atomic E-state index is 13.0. The van der Waals surface area contributed by atoms with E-state index in [0.717, 1.165) is 18.5 Å². The molecule has 1 aliphatic carbocycles. The number of hydrogen-bond acceptors (Lipinski definition) is 6. The Morgan fingerprint density at radius 3 is 2.75 bits per heavy atom. The Bertz CT molecular complexity index is 1000. The van der Waals surface area contributed by atoms with Crippen LogP contribution in [0.15, 0.2) is 46.5 Å². The van der Waals surface area contributed by atoms with Crippen LogP contribution < -0.4 is 9.47 Å². The zero-order valence-electron chi connectivity index (χ0n) is 15.9. The maximum atomic E-state index is 13.0. The predicted octanol–water partition coefficient (Wildman–Crippen LogP) is 3.03. The molecule has 7 heteroatoms. The van der Waals surface area contributed by atoms with Crippen LogP contribution in [0.2, 0.25) is 0 Å². The standard InChI is InChI=1S/C21H24N2O4S/c1-26-15-9-17(12-22-11-15)28(24,25)16-5-6-19-18-7-8-23(14-3-2-4-14)20(18)13-27-21(19)10-16/h5-6,9-12,14,18,20H,2-4,7-8,13H2,1H3. The lowest BCUT2D eigenvalue weighted by molar-refractivity contribution is 0.0717. The Labute approximate surface area is 165 Å². The zero-order chi connectivity index (χ0) is 19.3. The molecular formula is C21H24N2O4S. The minimum Gasteiger partial charge on any atom is -0.495 e. The summed E-state index contributed by atoms with van der Waals surface area (Å²) >= 11 is 0. The van der Waals surface area contributed by atoms with Crippen LogP contribution in [-0.2, 0) is 9.84 Å². The van der Waals surface area contributed by atoms with Crippen LogP contribution in [0.3, 0.4) is 0 Å². The molecule has 1 saturated heterocycles. The van der Waals surface area contributed by atoms with Gasteiger partial charge in [0.25, 0.3) is 0 Å². The fourth-order valence-corrected chi connectivity index (χ4v) is 5.96. The number of benzene rings is 1. The second kappa shape index (κ2) is 6.74. The van der Waals surface area contributed by atoms with Gasteiger partial charge in [0.1, 0.15) is 18.1 Å². The van der Waals surface area contributed by atoms with Gasteiger partial charge in [0, 0.05) is 24.2 Å². The number of pyridine rings is 1. The van der Waals surface area contributed by atoms with E-state index in [0.29, 0.717) is 36.1 Å². The molecule has 148 valence electrons.